The fraction of sp³-hybridized carbons (Fsp3) is 0.424. The zero-order valence-corrected chi connectivity index (χ0v) is 25.8. The smallest absolute Gasteiger partial charge is 0.208 e. The van der Waals surface area contributed by atoms with Crippen LogP contribution in [0.15, 0.2) is 54.7 Å². The minimum atomic E-state index is 0.0331. The normalized spacial score (nSPS) is 16.8. The lowest BCUT2D eigenvalue weighted by molar-refractivity contribution is -0.0300. The molecule has 1 saturated heterocycles. The van der Waals surface area contributed by atoms with Crippen molar-refractivity contribution < 1.29 is 19.0 Å². The van der Waals surface area contributed by atoms with Crippen molar-refractivity contribution in [3.63, 3.8) is 0 Å². The second kappa shape index (κ2) is 11.3. The molecule has 0 atom stereocenters. The Kier molecular flexibility index (Phi) is 7.90. The van der Waals surface area contributed by atoms with Crippen molar-refractivity contribution in [2.45, 2.75) is 58.0 Å². The molecule has 1 aliphatic heterocycles. The van der Waals surface area contributed by atoms with E-state index in [-0.39, 0.29) is 16.9 Å². The Labute approximate surface area is 247 Å². The van der Waals surface area contributed by atoms with Crippen LogP contribution in [0.25, 0.3) is 11.0 Å². The summed E-state index contributed by atoms with van der Waals surface area (Å²) >= 11 is 0. The molecule has 2 aromatic carbocycles. The highest BCUT2D eigenvalue weighted by Gasteiger charge is 2.43. The first kappa shape index (κ1) is 29.4. The highest BCUT2D eigenvalue weighted by atomic mass is 16.5. The second-order valence-corrected chi connectivity index (χ2v) is 12.4. The number of aryl methyl sites for hydroxylation is 1. The third kappa shape index (κ3) is 6.06. The molecule has 9 nitrogen and oxygen atoms in total. The lowest BCUT2D eigenvalue weighted by atomic mass is 9.72. The maximum absolute atomic E-state index is 13.3. The Morgan fingerprint density at radius 1 is 0.905 bits per heavy atom. The second-order valence-electron chi connectivity index (χ2n) is 12.4. The molecule has 0 unspecified atom stereocenters. The average Bonchev–Trinajstić information content (AvgIpc) is 3.25. The van der Waals surface area contributed by atoms with Gasteiger partial charge in [0, 0.05) is 66.8 Å². The number of benzene rings is 2. The fourth-order valence-electron chi connectivity index (χ4n) is 6.22. The average molecular weight is 572 g/mol. The predicted octanol–water partition coefficient (Wildman–Crippen LogP) is 6.99. The Bertz CT molecular complexity index is 1570. The number of rotatable bonds is 9. The molecule has 0 amide bonds. The van der Waals surface area contributed by atoms with E-state index in [1.807, 2.05) is 48.0 Å². The third-order valence-electron chi connectivity index (χ3n) is 8.58. The van der Waals surface area contributed by atoms with Gasteiger partial charge >= 0.3 is 0 Å². The molecule has 0 aliphatic carbocycles. The summed E-state index contributed by atoms with van der Waals surface area (Å²) in [7, 11) is 7.36. The van der Waals surface area contributed by atoms with Crippen molar-refractivity contribution in [2.75, 3.05) is 26.6 Å². The molecule has 9 heteroatoms. The molecule has 0 radical (unpaired) electrons. The number of hydrogen-bond acceptors (Lipinski definition) is 8. The molecule has 2 aromatic heterocycles. The first-order valence-electron chi connectivity index (χ1n) is 14.3. The SMILES string of the molecule is COc1cc(Nc2nc3cc(Oc4ccnc(C(=O)CC5CC(C)(C)N(C)C(C)(C)C5)c4)ccc3n2C)cc(OC)c1. The minimum Gasteiger partial charge on any atom is -0.497 e. The Morgan fingerprint density at radius 2 is 1.55 bits per heavy atom. The monoisotopic (exact) mass is 571 g/mol. The number of likely N-dealkylation sites (tertiary alicyclic amines) is 1. The topological polar surface area (TPSA) is 90.7 Å². The summed E-state index contributed by atoms with van der Waals surface area (Å²) in [5.74, 6) is 3.56. The Hall–Kier alpha value is -4.11. The number of nitrogens with one attached hydrogen (secondary N) is 1. The number of carbonyl (C=O) groups is 1. The van der Waals surface area contributed by atoms with E-state index in [9.17, 15) is 4.79 Å². The van der Waals surface area contributed by atoms with Crippen LogP contribution in [0, 0.1) is 5.92 Å². The molecule has 42 heavy (non-hydrogen) atoms. The van der Waals surface area contributed by atoms with Gasteiger partial charge in [0.05, 0.1) is 25.3 Å². The summed E-state index contributed by atoms with van der Waals surface area (Å²) in [6.07, 6.45) is 4.06. The fourth-order valence-corrected chi connectivity index (χ4v) is 6.22. The zero-order valence-electron chi connectivity index (χ0n) is 25.8. The van der Waals surface area contributed by atoms with E-state index < -0.39 is 0 Å². The van der Waals surface area contributed by atoms with Crippen LogP contribution in [0.2, 0.25) is 0 Å². The van der Waals surface area contributed by atoms with E-state index in [1.54, 1.807) is 32.5 Å². The van der Waals surface area contributed by atoms with E-state index in [4.69, 9.17) is 19.2 Å². The van der Waals surface area contributed by atoms with E-state index in [2.05, 4.69) is 49.9 Å². The van der Waals surface area contributed by atoms with Gasteiger partial charge in [0.1, 0.15) is 28.7 Å². The van der Waals surface area contributed by atoms with Crippen molar-refractivity contribution in [2.24, 2.45) is 13.0 Å². The summed E-state index contributed by atoms with van der Waals surface area (Å²) in [5.41, 5.74) is 3.00. The molecular weight excluding hydrogens is 530 g/mol. The van der Waals surface area contributed by atoms with Gasteiger partial charge in [-0.2, -0.15) is 0 Å². The minimum absolute atomic E-state index is 0.0331. The number of ketones is 1. The van der Waals surface area contributed by atoms with Gasteiger partial charge in [0.2, 0.25) is 5.95 Å². The van der Waals surface area contributed by atoms with Crippen LogP contribution in [-0.4, -0.2) is 57.6 Å². The van der Waals surface area contributed by atoms with E-state index in [1.165, 1.54) is 0 Å². The Balaban J connectivity index is 1.31. The zero-order chi connectivity index (χ0) is 30.2. The molecule has 1 aliphatic rings. The number of carbonyl (C=O) groups excluding carboxylic acids is 1. The van der Waals surface area contributed by atoms with Gasteiger partial charge in [-0.1, -0.05) is 0 Å². The van der Waals surface area contributed by atoms with Crippen LogP contribution in [0.3, 0.4) is 0 Å². The van der Waals surface area contributed by atoms with Gasteiger partial charge in [0.25, 0.3) is 0 Å². The number of ether oxygens (including phenoxy) is 3. The number of methoxy groups -OCH3 is 2. The van der Waals surface area contributed by atoms with Crippen LogP contribution in [0.5, 0.6) is 23.0 Å². The number of aromatic nitrogens is 3. The molecular formula is C33H41N5O4. The van der Waals surface area contributed by atoms with Gasteiger partial charge in [-0.05, 0) is 71.7 Å². The predicted molar refractivity (Wildman–Crippen MR) is 165 cm³/mol. The van der Waals surface area contributed by atoms with Crippen LogP contribution < -0.4 is 19.5 Å². The first-order valence-corrected chi connectivity index (χ1v) is 14.3. The molecule has 1 N–H and O–H groups in total. The van der Waals surface area contributed by atoms with Crippen LogP contribution >= 0.6 is 0 Å². The van der Waals surface area contributed by atoms with Crippen molar-refractivity contribution >= 4 is 28.5 Å². The van der Waals surface area contributed by atoms with Gasteiger partial charge in [0.15, 0.2) is 5.78 Å². The van der Waals surface area contributed by atoms with Crippen LogP contribution in [-0.2, 0) is 7.05 Å². The summed E-state index contributed by atoms with van der Waals surface area (Å²) in [6, 6.07) is 14.8. The van der Waals surface area contributed by atoms with E-state index in [0.29, 0.717) is 47.0 Å². The molecule has 0 saturated carbocycles. The maximum atomic E-state index is 13.3. The summed E-state index contributed by atoms with van der Waals surface area (Å²) in [5, 5.41) is 3.35. The number of pyridine rings is 1. The van der Waals surface area contributed by atoms with Crippen molar-refractivity contribution in [1.82, 2.24) is 19.4 Å². The van der Waals surface area contributed by atoms with Gasteiger partial charge in [-0.25, -0.2) is 4.98 Å². The largest absolute Gasteiger partial charge is 0.497 e. The molecule has 3 heterocycles. The molecule has 5 rings (SSSR count). The number of Topliss-reactive ketones (excluding diaryl/α,β-unsaturated/α-hetero) is 1. The van der Waals surface area contributed by atoms with Crippen molar-refractivity contribution in [3.05, 3.63) is 60.4 Å². The first-order chi connectivity index (χ1) is 19.9. The summed E-state index contributed by atoms with van der Waals surface area (Å²) in [6.45, 7) is 9.02. The van der Waals surface area contributed by atoms with Gasteiger partial charge < -0.3 is 24.1 Å². The summed E-state index contributed by atoms with van der Waals surface area (Å²) < 4.78 is 18.9. The van der Waals surface area contributed by atoms with Crippen LogP contribution in [0.4, 0.5) is 11.6 Å². The molecule has 222 valence electrons. The third-order valence-corrected chi connectivity index (χ3v) is 8.58. The number of hydrogen-bond donors (Lipinski definition) is 1. The van der Waals surface area contributed by atoms with Crippen molar-refractivity contribution in [1.29, 1.82) is 0 Å². The summed E-state index contributed by atoms with van der Waals surface area (Å²) in [4.78, 5) is 24.9. The molecule has 1 fully saturated rings. The number of piperidine rings is 1. The molecule has 4 aromatic rings. The molecule has 0 spiro atoms. The lowest BCUT2D eigenvalue weighted by Crippen LogP contribution is -2.58. The number of imidazole rings is 1. The number of anilines is 2. The van der Waals surface area contributed by atoms with Gasteiger partial charge in [-0.15, -0.1) is 0 Å². The van der Waals surface area contributed by atoms with E-state index in [0.717, 1.165) is 29.6 Å². The quantitative estimate of drug-likeness (QED) is 0.215. The number of fused-ring (bicyclic) bond motifs is 1. The Morgan fingerprint density at radius 3 is 2.19 bits per heavy atom. The van der Waals surface area contributed by atoms with E-state index >= 15 is 0 Å². The van der Waals surface area contributed by atoms with Gasteiger partial charge in [-0.3, -0.25) is 14.7 Å². The highest BCUT2D eigenvalue weighted by Crippen LogP contribution is 2.41. The van der Waals surface area contributed by atoms with Crippen molar-refractivity contribution in [3.8, 4) is 23.0 Å². The maximum Gasteiger partial charge on any atom is 0.208 e. The standard InChI is InChI=1S/C33H41N5O4/c1-32(2)19-21(20-33(3,4)38(32)6)13-30(39)28-18-24(11-12-34-28)42-23-9-10-29-27(17-23)36-31(37(29)5)35-22-14-25(40-7)16-26(15-22)41-8/h9-12,14-18,21H,13,19-20H2,1-8H3,(H,35,36). The number of nitrogens with zero attached hydrogens (tertiary/aromatic N) is 4. The highest BCUT2D eigenvalue weighted by molar-refractivity contribution is 5.94. The molecule has 0 bridgehead atoms. The van der Waals surface area contributed by atoms with Crippen LogP contribution in [0.1, 0.15) is 57.4 Å². The lowest BCUT2D eigenvalue weighted by Gasteiger charge is -2.53.